The SMILES string of the molecule is Cn1nc(C2CCN(C(=O)c3cnn(-c4ccccc4)n3)CC2)n(-c2ccccc2)c1=O. The average Bonchev–Trinajstić information content (AvgIpc) is 3.45. The third kappa shape index (κ3) is 3.62. The smallest absolute Gasteiger partial charge is 0.337 e. The molecule has 1 aliphatic heterocycles. The van der Waals surface area contributed by atoms with Crippen LogP contribution in [0.4, 0.5) is 0 Å². The Bertz CT molecular complexity index is 1280. The molecule has 1 saturated heterocycles. The van der Waals surface area contributed by atoms with E-state index in [2.05, 4.69) is 15.3 Å². The first-order valence-corrected chi connectivity index (χ1v) is 10.6. The van der Waals surface area contributed by atoms with Crippen molar-refractivity contribution < 1.29 is 4.79 Å². The number of amides is 1. The number of aryl methyl sites for hydroxylation is 1. The number of benzene rings is 2. The summed E-state index contributed by atoms with van der Waals surface area (Å²) >= 11 is 0. The van der Waals surface area contributed by atoms with Gasteiger partial charge >= 0.3 is 5.69 Å². The van der Waals surface area contributed by atoms with E-state index in [1.807, 2.05) is 60.7 Å². The summed E-state index contributed by atoms with van der Waals surface area (Å²) in [6.07, 6.45) is 2.96. The van der Waals surface area contributed by atoms with Crippen LogP contribution in [0.2, 0.25) is 0 Å². The third-order valence-electron chi connectivity index (χ3n) is 5.81. The van der Waals surface area contributed by atoms with Crippen LogP contribution in [0, 0.1) is 0 Å². The summed E-state index contributed by atoms with van der Waals surface area (Å²) in [7, 11) is 1.67. The zero-order chi connectivity index (χ0) is 22.1. The summed E-state index contributed by atoms with van der Waals surface area (Å²) in [6.45, 7) is 1.14. The summed E-state index contributed by atoms with van der Waals surface area (Å²) < 4.78 is 3.05. The first-order chi connectivity index (χ1) is 15.6. The Morgan fingerprint density at radius 3 is 2.19 bits per heavy atom. The topological polar surface area (TPSA) is 90.8 Å². The van der Waals surface area contributed by atoms with Gasteiger partial charge < -0.3 is 4.90 Å². The van der Waals surface area contributed by atoms with E-state index in [4.69, 9.17) is 0 Å². The van der Waals surface area contributed by atoms with Crippen LogP contribution >= 0.6 is 0 Å². The average molecular weight is 429 g/mol. The molecular formula is C23H23N7O2. The number of hydrogen-bond donors (Lipinski definition) is 0. The van der Waals surface area contributed by atoms with Gasteiger partial charge in [0.25, 0.3) is 5.91 Å². The second-order valence-corrected chi connectivity index (χ2v) is 7.86. The molecule has 9 nitrogen and oxygen atoms in total. The molecule has 0 saturated carbocycles. The molecule has 9 heteroatoms. The quantitative estimate of drug-likeness (QED) is 0.496. The summed E-state index contributed by atoms with van der Waals surface area (Å²) in [4.78, 5) is 28.9. The van der Waals surface area contributed by atoms with E-state index in [1.54, 1.807) is 16.5 Å². The zero-order valence-electron chi connectivity index (χ0n) is 17.7. The summed E-state index contributed by atoms with van der Waals surface area (Å²) in [5, 5.41) is 13.1. The molecule has 4 aromatic rings. The van der Waals surface area contributed by atoms with Gasteiger partial charge in [-0.3, -0.25) is 4.79 Å². The van der Waals surface area contributed by atoms with Gasteiger partial charge in [0.05, 0.1) is 17.6 Å². The van der Waals surface area contributed by atoms with E-state index in [0.29, 0.717) is 18.8 Å². The lowest BCUT2D eigenvalue weighted by Crippen LogP contribution is -2.38. The predicted octanol–water partition coefficient (Wildman–Crippen LogP) is 2.17. The lowest BCUT2D eigenvalue weighted by atomic mass is 9.95. The molecule has 1 fully saturated rings. The zero-order valence-corrected chi connectivity index (χ0v) is 17.7. The van der Waals surface area contributed by atoms with Gasteiger partial charge in [0.15, 0.2) is 5.69 Å². The molecule has 0 bridgehead atoms. The normalized spacial score (nSPS) is 14.6. The molecule has 5 rings (SSSR count). The molecule has 32 heavy (non-hydrogen) atoms. The highest BCUT2D eigenvalue weighted by atomic mass is 16.2. The van der Waals surface area contributed by atoms with Gasteiger partial charge in [-0.1, -0.05) is 36.4 Å². The van der Waals surface area contributed by atoms with Crippen LogP contribution in [-0.2, 0) is 7.05 Å². The molecule has 162 valence electrons. The maximum atomic E-state index is 13.0. The van der Waals surface area contributed by atoms with E-state index in [-0.39, 0.29) is 17.5 Å². The van der Waals surface area contributed by atoms with Gasteiger partial charge in [-0.25, -0.2) is 14.0 Å². The van der Waals surface area contributed by atoms with Crippen LogP contribution in [0.15, 0.2) is 71.7 Å². The van der Waals surface area contributed by atoms with Crippen molar-refractivity contribution in [2.75, 3.05) is 13.1 Å². The van der Waals surface area contributed by atoms with Crippen LogP contribution in [-0.4, -0.2) is 53.2 Å². The van der Waals surface area contributed by atoms with Crippen molar-refractivity contribution in [3.8, 4) is 11.4 Å². The van der Waals surface area contributed by atoms with Crippen molar-refractivity contribution in [3.05, 3.63) is 88.9 Å². The Morgan fingerprint density at radius 1 is 0.906 bits per heavy atom. The molecular weight excluding hydrogens is 406 g/mol. The number of nitrogens with zero attached hydrogens (tertiary/aromatic N) is 7. The minimum Gasteiger partial charge on any atom is -0.337 e. The summed E-state index contributed by atoms with van der Waals surface area (Å²) in [5.74, 6) is 0.700. The van der Waals surface area contributed by atoms with E-state index >= 15 is 0 Å². The number of hydrogen-bond acceptors (Lipinski definition) is 5. The number of carbonyl (C=O) groups is 1. The van der Waals surface area contributed by atoms with Gasteiger partial charge in [-0.2, -0.15) is 15.0 Å². The molecule has 1 amide bonds. The first-order valence-electron chi connectivity index (χ1n) is 10.6. The van der Waals surface area contributed by atoms with Gasteiger partial charge in [-0.15, -0.1) is 5.10 Å². The molecule has 0 N–H and O–H groups in total. The van der Waals surface area contributed by atoms with Crippen molar-refractivity contribution in [1.82, 2.24) is 34.2 Å². The summed E-state index contributed by atoms with van der Waals surface area (Å²) in [5.41, 5.74) is 1.77. The maximum absolute atomic E-state index is 13.0. The van der Waals surface area contributed by atoms with Gasteiger partial charge in [-0.05, 0) is 37.1 Å². The minimum atomic E-state index is -0.165. The van der Waals surface area contributed by atoms with Crippen molar-refractivity contribution in [3.63, 3.8) is 0 Å². The number of rotatable bonds is 4. The Balaban J connectivity index is 1.31. The highest BCUT2D eigenvalue weighted by Crippen LogP contribution is 2.28. The molecule has 0 aliphatic carbocycles. The van der Waals surface area contributed by atoms with E-state index in [0.717, 1.165) is 30.0 Å². The first kappa shape index (κ1) is 19.9. The van der Waals surface area contributed by atoms with Crippen LogP contribution in [0.5, 0.6) is 0 Å². The molecule has 1 aliphatic rings. The van der Waals surface area contributed by atoms with Crippen molar-refractivity contribution in [2.45, 2.75) is 18.8 Å². The summed E-state index contributed by atoms with van der Waals surface area (Å²) in [6, 6.07) is 19.0. The molecule has 3 heterocycles. The van der Waals surface area contributed by atoms with E-state index in [1.165, 1.54) is 15.7 Å². The largest absolute Gasteiger partial charge is 0.350 e. The second-order valence-electron chi connectivity index (χ2n) is 7.86. The standard InChI is InChI=1S/C23H23N7O2/c1-27-23(32)29(18-8-4-2-5-9-18)21(26-27)17-12-14-28(15-13-17)22(31)20-16-24-30(25-20)19-10-6-3-7-11-19/h2-11,16-17H,12-15H2,1H3. The number of likely N-dealkylation sites (tertiary alicyclic amines) is 1. The molecule has 2 aromatic carbocycles. The molecule has 2 aromatic heterocycles. The minimum absolute atomic E-state index is 0.0909. The fourth-order valence-electron chi connectivity index (χ4n) is 4.12. The Hall–Kier alpha value is -4.01. The van der Waals surface area contributed by atoms with Crippen LogP contribution < -0.4 is 5.69 Å². The number of piperidine rings is 1. The van der Waals surface area contributed by atoms with E-state index < -0.39 is 0 Å². The fraction of sp³-hybridized carbons (Fsp3) is 0.261. The Morgan fingerprint density at radius 2 is 1.53 bits per heavy atom. The fourth-order valence-corrected chi connectivity index (χ4v) is 4.12. The number of aromatic nitrogens is 6. The number of carbonyl (C=O) groups excluding carboxylic acids is 1. The van der Waals surface area contributed by atoms with Gasteiger partial charge in [0.1, 0.15) is 5.82 Å². The predicted molar refractivity (Wildman–Crippen MR) is 118 cm³/mol. The van der Waals surface area contributed by atoms with Crippen molar-refractivity contribution in [1.29, 1.82) is 0 Å². The second kappa shape index (κ2) is 8.26. The number of para-hydroxylation sites is 2. The van der Waals surface area contributed by atoms with Crippen molar-refractivity contribution >= 4 is 5.91 Å². The maximum Gasteiger partial charge on any atom is 0.350 e. The highest BCUT2D eigenvalue weighted by Gasteiger charge is 2.30. The van der Waals surface area contributed by atoms with Gasteiger partial charge in [0.2, 0.25) is 0 Å². The Kier molecular flexibility index (Phi) is 5.14. The molecule has 0 spiro atoms. The van der Waals surface area contributed by atoms with Crippen LogP contribution in [0.1, 0.15) is 35.1 Å². The lowest BCUT2D eigenvalue weighted by molar-refractivity contribution is 0.0704. The highest BCUT2D eigenvalue weighted by molar-refractivity contribution is 5.92. The van der Waals surface area contributed by atoms with Crippen LogP contribution in [0.3, 0.4) is 0 Å². The Labute approximate surface area is 184 Å². The van der Waals surface area contributed by atoms with Gasteiger partial charge in [0, 0.05) is 26.1 Å². The monoisotopic (exact) mass is 429 g/mol. The van der Waals surface area contributed by atoms with Crippen LogP contribution in [0.25, 0.3) is 11.4 Å². The lowest BCUT2D eigenvalue weighted by Gasteiger charge is -2.31. The molecule has 0 unspecified atom stereocenters. The molecule has 0 radical (unpaired) electrons. The molecule has 0 atom stereocenters. The van der Waals surface area contributed by atoms with Crippen molar-refractivity contribution in [2.24, 2.45) is 7.05 Å². The third-order valence-corrected chi connectivity index (χ3v) is 5.81. The van der Waals surface area contributed by atoms with E-state index in [9.17, 15) is 9.59 Å².